The van der Waals surface area contributed by atoms with Crippen LogP contribution >= 0.6 is 0 Å². The number of hydrogen-bond acceptors (Lipinski definition) is 8. The highest BCUT2D eigenvalue weighted by Gasteiger charge is 2.45. The molecule has 1 fully saturated rings. The number of allylic oxidation sites excluding steroid dienone is 2. The number of nitrogens with one attached hydrogen (secondary N) is 2. The van der Waals surface area contributed by atoms with Gasteiger partial charge in [-0.1, -0.05) is 26.0 Å². The Balaban J connectivity index is 1.25. The number of amides is 3. The molecule has 3 amide bonds. The number of hydrazine groups is 1. The van der Waals surface area contributed by atoms with Gasteiger partial charge in [0, 0.05) is 62.4 Å². The summed E-state index contributed by atoms with van der Waals surface area (Å²) < 4.78 is 33.7. The lowest BCUT2D eigenvalue weighted by Crippen LogP contribution is -2.64. The van der Waals surface area contributed by atoms with E-state index in [2.05, 4.69) is 16.9 Å². The molecule has 264 valence electrons. The maximum atomic E-state index is 14.5. The van der Waals surface area contributed by atoms with Crippen LogP contribution in [0, 0.1) is 28.4 Å². The van der Waals surface area contributed by atoms with Crippen molar-refractivity contribution >= 4 is 17.9 Å². The molecule has 2 atom stereocenters. The minimum Gasteiger partial charge on any atom is -0.444 e. The van der Waals surface area contributed by atoms with E-state index < -0.39 is 34.8 Å². The molecule has 0 spiro atoms. The number of nitrogens with zero attached hydrogens (tertiary/aromatic N) is 5. The third-order valence-corrected chi connectivity index (χ3v) is 9.60. The minimum absolute atomic E-state index is 0.0384. The molecular formula is C37H43F2N7O4. The van der Waals surface area contributed by atoms with Gasteiger partial charge < -0.3 is 30.3 Å². The Morgan fingerprint density at radius 3 is 2.48 bits per heavy atom. The van der Waals surface area contributed by atoms with Crippen molar-refractivity contribution in [2.24, 2.45) is 5.41 Å². The number of rotatable bonds is 5. The molecule has 6 rings (SSSR count). The second-order valence-corrected chi connectivity index (χ2v) is 15.2. The largest absolute Gasteiger partial charge is 0.444 e. The average molecular weight is 688 g/mol. The number of carbonyl (C=O) groups is 3. The van der Waals surface area contributed by atoms with Gasteiger partial charge in [-0.3, -0.25) is 14.5 Å². The first-order valence-corrected chi connectivity index (χ1v) is 16.8. The summed E-state index contributed by atoms with van der Waals surface area (Å²) in [6, 6.07) is 9.81. The molecule has 0 radical (unpaired) electrons. The summed E-state index contributed by atoms with van der Waals surface area (Å²) in [7, 11) is 0. The van der Waals surface area contributed by atoms with Crippen molar-refractivity contribution in [1.29, 1.82) is 5.26 Å². The number of nitriles is 1. The third kappa shape index (κ3) is 7.03. The fourth-order valence-corrected chi connectivity index (χ4v) is 7.08. The van der Waals surface area contributed by atoms with Crippen molar-refractivity contribution in [3.05, 3.63) is 93.5 Å². The van der Waals surface area contributed by atoms with E-state index in [1.54, 1.807) is 47.6 Å². The molecule has 50 heavy (non-hydrogen) atoms. The number of fused-ring (bicyclic) bond motifs is 1. The molecule has 2 aromatic carbocycles. The molecule has 4 heterocycles. The molecule has 2 aromatic rings. The fraction of sp³-hybridized carbons (Fsp3) is 0.459. The highest BCUT2D eigenvalue weighted by molar-refractivity contribution is 5.86. The van der Waals surface area contributed by atoms with Gasteiger partial charge >= 0.3 is 6.09 Å². The van der Waals surface area contributed by atoms with Gasteiger partial charge in [0.05, 0.1) is 29.6 Å². The van der Waals surface area contributed by atoms with Crippen LogP contribution < -0.4 is 10.9 Å². The zero-order chi connectivity index (χ0) is 36.1. The van der Waals surface area contributed by atoms with Gasteiger partial charge in [-0.2, -0.15) is 5.26 Å². The minimum atomic E-state index is -0.824. The van der Waals surface area contributed by atoms with E-state index in [1.807, 2.05) is 37.8 Å². The van der Waals surface area contributed by atoms with Crippen molar-refractivity contribution < 1.29 is 27.9 Å². The Hall–Kier alpha value is -4.96. The Labute approximate surface area is 291 Å². The molecule has 0 saturated carbocycles. The molecule has 2 N–H and O–H groups in total. The number of carbonyl (C=O) groups excluding carboxylic acids is 3. The van der Waals surface area contributed by atoms with Gasteiger partial charge in [0.25, 0.3) is 0 Å². The van der Waals surface area contributed by atoms with E-state index in [4.69, 9.17) is 4.74 Å². The molecular weight excluding hydrogens is 644 g/mol. The van der Waals surface area contributed by atoms with E-state index in [9.17, 15) is 28.4 Å². The number of benzene rings is 2. The maximum Gasteiger partial charge on any atom is 0.410 e. The van der Waals surface area contributed by atoms with Gasteiger partial charge in [-0.25, -0.2) is 13.6 Å². The lowest BCUT2D eigenvalue weighted by atomic mass is 9.91. The average Bonchev–Trinajstić information content (AvgIpc) is 3.58. The van der Waals surface area contributed by atoms with E-state index in [0.717, 1.165) is 22.9 Å². The highest BCUT2D eigenvalue weighted by Crippen LogP contribution is 2.39. The molecule has 1 saturated heterocycles. The van der Waals surface area contributed by atoms with Gasteiger partial charge in [0.15, 0.2) is 0 Å². The monoisotopic (exact) mass is 687 g/mol. The summed E-state index contributed by atoms with van der Waals surface area (Å²) in [5, 5.41) is 9.38. The first kappa shape index (κ1) is 34.9. The molecule has 4 aliphatic heterocycles. The highest BCUT2D eigenvalue weighted by atomic mass is 19.1. The van der Waals surface area contributed by atoms with Crippen LogP contribution in [0.25, 0.3) is 0 Å². The quantitative estimate of drug-likeness (QED) is 0.478. The number of piperazine rings is 1. The fourth-order valence-electron chi connectivity index (χ4n) is 7.08. The van der Waals surface area contributed by atoms with Gasteiger partial charge in [-0.15, -0.1) is 0 Å². The van der Waals surface area contributed by atoms with Crippen molar-refractivity contribution in [2.75, 3.05) is 26.2 Å². The number of halogens is 2. The number of ether oxygens (including phenoxy) is 1. The molecule has 0 aliphatic carbocycles. The van der Waals surface area contributed by atoms with Crippen LogP contribution in [0.5, 0.6) is 0 Å². The van der Waals surface area contributed by atoms with Crippen molar-refractivity contribution in [3.8, 4) is 6.07 Å². The Bertz CT molecular complexity index is 1840. The summed E-state index contributed by atoms with van der Waals surface area (Å²) in [6.45, 7) is 12.5. The second kappa shape index (κ2) is 13.1. The third-order valence-electron chi connectivity index (χ3n) is 9.60. The molecule has 0 unspecified atom stereocenters. The smallest absolute Gasteiger partial charge is 0.410 e. The Morgan fingerprint density at radius 2 is 1.78 bits per heavy atom. The van der Waals surface area contributed by atoms with E-state index in [1.165, 1.54) is 12.1 Å². The van der Waals surface area contributed by atoms with Crippen molar-refractivity contribution in [1.82, 2.24) is 30.5 Å². The van der Waals surface area contributed by atoms with E-state index >= 15 is 0 Å². The SMILES string of the molecule is C[C@@H]1CN(CC(=O)N2CC(C)(C)C3=C2C=C(Cc2ccc(F)cc2F)NN3)[C@H](C(=O)N2Cc3ccc(C#N)cc3C2)CN1C(=O)OC(C)(C)C. The van der Waals surface area contributed by atoms with Crippen molar-refractivity contribution in [2.45, 2.75) is 78.7 Å². The topological polar surface area (TPSA) is 121 Å². The molecule has 13 heteroatoms. The van der Waals surface area contributed by atoms with Crippen LogP contribution in [0.4, 0.5) is 13.6 Å². The summed E-state index contributed by atoms with van der Waals surface area (Å²) in [4.78, 5) is 48.7. The Morgan fingerprint density at radius 1 is 1.04 bits per heavy atom. The standard InChI is InChI=1S/C37H43F2N7O4/c1-22-16-43(20-32(47)46-21-37(5,6)33-30(46)14-28(41-42-33)12-24-9-10-27(38)13-29(24)39)31(19-45(22)35(49)50-36(2,3)4)34(48)44-17-25-8-7-23(15-40)11-26(25)18-44/h7-11,13-14,22,31,41-42H,12,16-21H2,1-6H3/t22-,31+/m1/s1. The van der Waals surface area contributed by atoms with Crippen LogP contribution in [-0.4, -0.2) is 81.4 Å². The molecule has 11 nitrogen and oxygen atoms in total. The number of hydrogen-bond donors (Lipinski definition) is 2. The summed E-state index contributed by atoms with van der Waals surface area (Å²) in [5.74, 6) is -1.76. The van der Waals surface area contributed by atoms with Crippen LogP contribution in [0.15, 0.2) is 59.6 Å². The Kier molecular flexibility index (Phi) is 9.11. The van der Waals surface area contributed by atoms with Crippen LogP contribution in [0.3, 0.4) is 0 Å². The summed E-state index contributed by atoms with van der Waals surface area (Å²) >= 11 is 0. The second-order valence-electron chi connectivity index (χ2n) is 15.2. The van der Waals surface area contributed by atoms with Crippen LogP contribution in [-0.2, 0) is 33.8 Å². The van der Waals surface area contributed by atoms with E-state index in [0.29, 0.717) is 42.2 Å². The van der Waals surface area contributed by atoms with E-state index in [-0.39, 0.29) is 43.9 Å². The zero-order valence-electron chi connectivity index (χ0n) is 29.3. The first-order valence-electron chi connectivity index (χ1n) is 16.8. The molecule has 4 aliphatic rings. The lowest BCUT2D eigenvalue weighted by Gasteiger charge is -2.45. The summed E-state index contributed by atoms with van der Waals surface area (Å²) in [6.07, 6.45) is 1.43. The van der Waals surface area contributed by atoms with Gasteiger partial charge in [-0.05, 0) is 68.7 Å². The molecule has 0 aromatic heterocycles. The predicted octanol–water partition coefficient (Wildman–Crippen LogP) is 4.30. The predicted molar refractivity (Wildman–Crippen MR) is 180 cm³/mol. The van der Waals surface area contributed by atoms with Gasteiger partial charge in [0.1, 0.15) is 23.3 Å². The van der Waals surface area contributed by atoms with Gasteiger partial charge in [0.2, 0.25) is 11.8 Å². The molecule has 0 bridgehead atoms. The van der Waals surface area contributed by atoms with Crippen LogP contribution in [0.1, 0.15) is 63.8 Å². The zero-order valence-corrected chi connectivity index (χ0v) is 29.3. The lowest BCUT2D eigenvalue weighted by molar-refractivity contribution is -0.143. The normalized spacial score (nSPS) is 21.5. The summed E-state index contributed by atoms with van der Waals surface area (Å²) in [5.41, 5.74) is 9.85. The maximum absolute atomic E-state index is 14.5. The van der Waals surface area contributed by atoms with Crippen molar-refractivity contribution in [3.63, 3.8) is 0 Å². The first-order chi connectivity index (χ1) is 23.5. The van der Waals surface area contributed by atoms with Crippen LogP contribution in [0.2, 0.25) is 0 Å².